The van der Waals surface area contributed by atoms with Crippen molar-refractivity contribution < 1.29 is 13.6 Å². The standard InChI is InChI=1S/C12H14F2N2OS/c1-7-6-18-3-2-16(7)12(17)8-4-11(15)10(14)5-9(8)13/h4-5,7H,2-3,6,15H2,1H3. The summed E-state index contributed by atoms with van der Waals surface area (Å²) in [7, 11) is 0. The first kappa shape index (κ1) is 13.1. The van der Waals surface area contributed by atoms with E-state index in [0.29, 0.717) is 12.6 Å². The molecule has 1 amide bonds. The Morgan fingerprint density at radius 2 is 2.17 bits per heavy atom. The van der Waals surface area contributed by atoms with E-state index in [2.05, 4.69) is 0 Å². The number of benzene rings is 1. The Labute approximate surface area is 108 Å². The average Bonchev–Trinajstić information content (AvgIpc) is 2.33. The number of hydrogen-bond acceptors (Lipinski definition) is 3. The zero-order chi connectivity index (χ0) is 13.3. The van der Waals surface area contributed by atoms with E-state index in [1.165, 1.54) is 0 Å². The van der Waals surface area contributed by atoms with Crippen LogP contribution in [-0.2, 0) is 0 Å². The van der Waals surface area contributed by atoms with Crippen LogP contribution in [0.4, 0.5) is 14.5 Å². The van der Waals surface area contributed by atoms with Gasteiger partial charge in [-0.05, 0) is 13.0 Å². The summed E-state index contributed by atoms with van der Waals surface area (Å²) in [6.07, 6.45) is 0. The van der Waals surface area contributed by atoms with Gasteiger partial charge < -0.3 is 10.6 Å². The van der Waals surface area contributed by atoms with Crippen LogP contribution >= 0.6 is 11.8 Å². The first-order valence-electron chi connectivity index (χ1n) is 5.64. The summed E-state index contributed by atoms with van der Waals surface area (Å²) in [4.78, 5) is 13.8. The summed E-state index contributed by atoms with van der Waals surface area (Å²) in [6, 6.07) is 1.77. The summed E-state index contributed by atoms with van der Waals surface area (Å²) in [6.45, 7) is 2.48. The van der Waals surface area contributed by atoms with Gasteiger partial charge in [-0.15, -0.1) is 0 Å². The van der Waals surface area contributed by atoms with Gasteiger partial charge in [0.05, 0.1) is 11.3 Å². The van der Waals surface area contributed by atoms with E-state index in [4.69, 9.17) is 5.73 Å². The smallest absolute Gasteiger partial charge is 0.257 e. The molecule has 1 aromatic carbocycles. The Morgan fingerprint density at radius 3 is 2.83 bits per heavy atom. The van der Waals surface area contributed by atoms with E-state index in [1.807, 2.05) is 6.92 Å². The number of thioether (sulfide) groups is 1. The first-order valence-corrected chi connectivity index (χ1v) is 6.79. The van der Waals surface area contributed by atoms with Crippen LogP contribution in [0.1, 0.15) is 17.3 Å². The Kier molecular flexibility index (Phi) is 3.75. The molecular formula is C12H14F2N2OS. The number of halogens is 2. The van der Waals surface area contributed by atoms with Crippen molar-refractivity contribution in [1.29, 1.82) is 0 Å². The van der Waals surface area contributed by atoms with E-state index in [9.17, 15) is 13.6 Å². The third-order valence-electron chi connectivity index (χ3n) is 2.95. The van der Waals surface area contributed by atoms with Gasteiger partial charge in [0.15, 0.2) is 0 Å². The fraction of sp³-hybridized carbons (Fsp3) is 0.417. The maximum atomic E-state index is 13.6. The van der Waals surface area contributed by atoms with Gasteiger partial charge >= 0.3 is 0 Å². The van der Waals surface area contributed by atoms with Crippen molar-refractivity contribution in [2.45, 2.75) is 13.0 Å². The predicted molar refractivity (Wildman–Crippen MR) is 68.6 cm³/mol. The van der Waals surface area contributed by atoms with Crippen LogP contribution in [0.2, 0.25) is 0 Å². The van der Waals surface area contributed by atoms with Gasteiger partial charge in [-0.1, -0.05) is 0 Å². The summed E-state index contributed by atoms with van der Waals surface area (Å²) >= 11 is 1.76. The molecule has 0 aromatic heterocycles. The third-order valence-corrected chi connectivity index (χ3v) is 4.13. The van der Waals surface area contributed by atoms with Gasteiger partial charge in [-0.2, -0.15) is 11.8 Å². The SMILES string of the molecule is CC1CSCCN1C(=O)c1cc(N)c(F)cc1F. The number of nitrogens with zero attached hydrogens (tertiary/aromatic N) is 1. The maximum Gasteiger partial charge on any atom is 0.257 e. The Bertz CT molecular complexity index is 481. The molecule has 0 radical (unpaired) electrons. The quantitative estimate of drug-likeness (QED) is 0.797. The van der Waals surface area contributed by atoms with Crippen LogP contribution < -0.4 is 5.73 Å². The minimum atomic E-state index is -0.864. The highest BCUT2D eigenvalue weighted by molar-refractivity contribution is 7.99. The monoisotopic (exact) mass is 272 g/mol. The summed E-state index contributed by atoms with van der Waals surface area (Å²) < 4.78 is 26.7. The number of nitrogens with two attached hydrogens (primary N) is 1. The van der Waals surface area contributed by atoms with Gasteiger partial charge in [0.25, 0.3) is 5.91 Å². The second-order valence-corrected chi connectivity index (χ2v) is 5.43. The molecule has 6 heteroatoms. The minimum absolute atomic E-state index is 0.0435. The van der Waals surface area contributed by atoms with Crippen LogP contribution in [-0.4, -0.2) is 34.9 Å². The molecule has 0 aliphatic carbocycles. The predicted octanol–water partition coefficient (Wildman–Crippen LogP) is 2.12. The Hall–Kier alpha value is -1.30. The molecule has 1 atom stereocenters. The zero-order valence-electron chi connectivity index (χ0n) is 9.95. The first-order chi connectivity index (χ1) is 8.50. The molecule has 3 nitrogen and oxygen atoms in total. The molecule has 1 heterocycles. The van der Waals surface area contributed by atoms with Crippen LogP contribution in [0, 0.1) is 11.6 Å². The highest BCUT2D eigenvalue weighted by Crippen LogP contribution is 2.22. The second kappa shape index (κ2) is 5.14. The number of anilines is 1. The minimum Gasteiger partial charge on any atom is -0.396 e. The zero-order valence-corrected chi connectivity index (χ0v) is 10.8. The molecule has 0 saturated carbocycles. The number of carbonyl (C=O) groups excluding carboxylic acids is 1. The lowest BCUT2D eigenvalue weighted by Crippen LogP contribution is -2.44. The van der Waals surface area contributed by atoms with Crippen molar-refractivity contribution in [3.63, 3.8) is 0 Å². The summed E-state index contributed by atoms with van der Waals surface area (Å²) in [5.74, 6) is -0.478. The van der Waals surface area contributed by atoms with Gasteiger partial charge in [0, 0.05) is 30.2 Å². The Balaban J connectivity index is 2.30. The van der Waals surface area contributed by atoms with Crippen molar-refractivity contribution in [2.75, 3.05) is 23.8 Å². The number of hydrogen-bond donors (Lipinski definition) is 1. The number of rotatable bonds is 1. The molecule has 0 spiro atoms. The molecular weight excluding hydrogens is 258 g/mol. The fourth-order valence-corrected chi connectivity index (χ4v) is 2.93. The molecule has 1 unspecified atom stereocenters. The summed E-state index contributed by atoms with van der Waals surface area (Å²) in [5, 5.41) is 0. The van der Waals surface area contributed by atoms with Gasteiger partial charge in [0.2, 0.25) is 0 Å². The van der Waals surface area contributed by atoms with E-state index >= 15 is 0 Å². The topological polar surface area (TPSA) is 46.3 Å². The van der Waals surface area contributed by atoms with E-state index in [1.54, 1.807) is 16.7 Å². The van der Waals surface area contributed by atoms with Crippen molar-refractivity contribution in [1.82, 2.24) is 4.90 Å². The van der Waals surface area contributed by atoms with Crippen LogP contribution in [0.3, 0.4) is 0 Å². The molecule has 1 fully saturated rings. The lowest BCUT2D eigenvalue weighted by molar-refractivity contribution is 0.0711. The molecule has 2 N–H and O–H groups in total. The molecule has 98 valence electrons. The van der Waals surface area contributed by atoms with Gasteiger partial charge in [-0.25, -0.2) is 8.78 Å². The molecule has 2 rings (SSSR count). The average molecular weight is 272 g/mol. The highest BCUT2D eigenvalue weighted by atomic mass is 32.2. The van der Waals surface area contributed by atoms with E-state index < -0.39 is 17.5 Å². The molecule has 18 heavy (non-hydrogen) atoms. The van der Waals surface area contributed by atoms with Crippen molar-refractivity contribution in [3.8, 4) is 0 Å². The van der Waals surface area contributed by atoms with Crippen molar-refractivity contribution in [2.24, 2.45) is 0 Å². The normalized spacial score (nSPS) is 19.9. The Morgan fingerprint density at radius 1 is 1.44 bits per heavy atom. The van der Waals surface area contributed by atoms with Crippen LogP contribution in [0.25, 0.3) is 0 Å². The lowest BCUT2D eigenvalue weighted by atomic mass is 10.1. The number of carbonyl (C=O) groups is 1. The molecule has 1 aliphatic heterocycles. The summed E-state index contributed by atoms with van der Waals surface area (Å²) in [5.41, 5.74) is 5.01. The molecule has 1 aliphatic rings. The molecule has 1 saturated heterocycles. The van der Waals surface area contributed by atoms with E-state index in [-0.39, 0.29) is 17.3 Å². The number of nitrogen functional groups attached to an aromatic ring is 1. The highest BCUT2D eigenvalue weighted by Gasteiger charge is 2.27. The molecule has 0 bridgehead atoms. The van der Waals surface area contributed by atoms with Gasteiger partial charge in [0.1, 0.15) is 11.6 Å². The second-order valence-electron chi connectivity index (χ2n) is 4.28. The molecule has 1 aromatic rings. The van der Waals surface area contributed by atoms with Gasteiger partial charge in [-0.3, -0.25) is 4.79 Å². The van der Waals surface area contributed by atoms with E-state index in [0.717, 1.165) is 17.6 Å². The fourth-order valence-electron chi connectivity index (χ4n) is 1.91. The maximum absolute atomic E-state index is 13.6. The third kappa shape index (κ3) is 2.43. The lowest BCUT2D eigenvalue weighted by Gasteiger charge is -2.33. The van der Waals surface area contributed by atoms with Crippen LogP contribution in [0.15, 0.2) is 12.1 Å². The largest absolute Gasteiger partial charge is 0.396 e. The van der Waals surface area contributed by atoms with Crippen molar-refractivity contribution >= 4 is 23.4 Å². The van der Waals surface area contributed by atoms with Crippen molar-refractivity contribution in [3.05, 3.63) is 29.3 Å². The van der Waals surface area contributed by atoms with Crippen LogP contribution in [0.5, 0.6) is 0 Å². The number of amides is 1.